The van der Waals surface area contributed by atoms with Crippen molar-refractivity contribution in [1.82, 2.24) is 0 Å². The quantitative estimate of drug-likeness (QED) is 0.637. The number of halogens is 3. The van der Waals surface area contributed by atoms with Crippen molar-refractivity contribution in [3.05, 3.63) is 12.2 Å². The Bertz CT molecular complexity index is 227. The fourth-order valence-corrected chi connectivity index (χ4v) is 0.460. The van der Waals surface area contributed by atoms with Crippen LogP contribution in [0.3, 0.4) is 0 Å². The standard InChI is InChI=1S/C3H3F3O3S/c4-2(5)1-3(6)10(7,8)9/h1,3H,(H,7,8,9). The van der Waals surface area contributed by atoms with E-state index < -0.39 is 27.8 Å². The van der Waals surface area contributed by atoms with E-state index in [0.717, 1.165) is 0 Å². The van der Waals surface area contributed by atoms with Crippen LogP contribution in [0.5, 0.6) is 0 Å². The first-order chi connectivity index (χ1) is 4.34. The molecule has 0 bridgehead atoms. The van der Waals surface area contributed by atoms with Crippen LogP contribution in [0.15, 0.2) is 12.2 Å². The van der Waals surface area contributed by atoms with Gasteiger partial charge >= 0.3 is 10.1 Å². The van der Waals surface area contributed by atoms with E-state index >= 15 is 0 Å². The van der Waals surface area contributed by atoms with Crippen molar-refractivity contribution >= 4 is 10.1 Å². The molecule has 1 N–H and O–H groups in total. The first-order valence-electron chi connectivity index (χ1n) is 1.97. The van der Waals surface area contributed by atoms with Crippen molar-refractivity contribution in [3.63, 3.8) is 0 Å². The number of alkyl halides is 1. The highest BCUT2D eigenvalue weighted by atomic mass is 32.2. The predicted octanol–water partition coefficient (Wildman–Crippen LogP) is 0.950. The van der Waals surface area contributed by atoms with Crippen molar-refractivity contribution in [2.45, 2.75) is 5.50 Å². The zero-order chi connectivity index (χ0) is 8.36. The van der Waals surface area contributed by atoms with E-state index in [-0.39, 0.29) is 0 Å². The SMILES string of the molecule is O=S(=O)(O)C(F)C=C(F)F. The molecule has 0 fully saturated rings. The van der Waals surface area contributed by atoms with Gasteiger partial charge in [0.25, 0.3) is 6.08 Å². The summed E-state index contributed by atoms with van der Waals surface area (Å²) >= 11 is 0. The molecule has 1 unspecified atom stereocenters. The lowest BCUT2D eigenvalue weighted by Gasteiger charge is -1.94. The van der Waals surface area contributed by atoms with E-state index in [0.29, 0.717) is 0 Å². The summed E-state index contributed by atoms with van der Waals surface area (Å²) in [7, 11) is -5.02. The second-order valence-electron chi connectivity index (χ2n) is 1.32. The second-order valence-corrected chi connectivity index (χ2v) is 2.80. The number of hydrogen-bond donors (Lipinski definition) is 1. The third-order valence-electron chi connectivity index (χ3n) is 0.542. The topological polar surface area (TPSA) is 54.4 Å². The van der Waals surface area contributed by atoms with Crippen LogP contribution in [-0.2, 0) is 10.1 Å². The van der Waals surface area contributed by atoms with E-state index in [1.54, 1.807) is 0 Å². The minimum Gasteiger partial charge on any atom is -0.283 e. The highest BCUT2D eigenvalue weighted by molar-refractivity contribution is 7.86. The molecule has 0 amide bonds. The Kier molecular flexibility index (Phi) is 2.85. The van der Waals surface area contributed by atoms with E-state index in [9.17, 15) is 21.6 Å². The number of rotatable bonds is 2. The molecule has 0 rings (SSSR count). The Labute approximate surface area is 54.9 Å². The van der Waals surface area contributed by atoms with Gasteiger partial charge in [0.15, 0.2) is 0 Å². The molecule has 0 aliphatic heterocycles. The molecule has 0 saturated carbocycles. The van der Waals surface area contributed by atoms with Crippen LogP contribution in [0.2, 0.25) is 0 Å². The van der Waals surface area contributed by atoms with Crippen molar-refractivity contribution in [2.24, 2.45) is 0 Å². The average Bonchev–Trinajstić information content (AvgIpc) is 1.60. The van der Waals surface area contributed by atoms with Gasteiger partial charge < -0.3 is 0 Å². The molecule has 10 heavy (non-hydrogen) atoms. The molecule has 3 nitrogen and oxygen atoms in total. The normalized spacial score (nSPS) is 14.4. The van der Waals surface area contributed by atoms with Gasteiger partial charge in [0.2, 0.25) is 5.50 Å². The first kappa shape index (κ1) is 9.44. The second kappa shape index (κ2) is 3.02. The summed E-state index contributed by atoms with van der Waals surface area (Å²) in [6, 6.07) is 0. The fraction of sp³-hybridized carbons (Fsp3) is 0.333. The summed E-state index contributed by atoms with van der Waals surface area (Å²) in [5, 5.41) is 0. The molecule has 0 saturated heterocycles. The largest absolute Gasteiger partial charge is 0.301 e. The summed E-state index contributed by atoms with van der Waals surface area (Å²) in [6.07, 6.45) is -3.00. The van der Waals surface area contributed by atoms with Gasteiger partial charge in [-0.3, -0.25) is 4.55 Å². The Balaban J connectivity index is 4.42. The first-order valence-corrected chi connectivity index (χ1v) is 3.47. The third kappa shape index (κ3) is 3.46. The molecule has 0 aliphatic carbocycles. The molecule has 0 aromatic rings. The maximum atomic E-state index is 11.8. The smallest absolute Gasteiger partial charge is 0.283 e. The molecular formula is C3H3F3O3S. The van der Waals surface area contributed by atoms with Crippen LogP contribution in [0.25, 0.3) is 0 Å². The van der Waals surface area contributed by atoms with E-state index in [4.69, 9.17) is 4.55 Å². The molecule has 0 radical (unpaired) electrons. The Hall–Kier alpha value is -0.560. The fourth-order valence-electron chi connectivity index (χ4n) is 0.185. The lowest BCUT2D eigenvalue weighted by Crippen LogP contribution is -2.11. The summed E-state index contributed by atoms with van der Waals surface area (Å²) in [4.78, 5) is 0. The van der Waals surface area contributed by atoms with Gasteiger partial charge in [0.05, 0.1) is 0 Å². The zero-order valence-electron chi connectivity index (χ0n) is 4.46. The molecule has 0 heterocycles. The molecule has 0 aromatic heterocycles. The van der Waals surface area contributed by atoms with Crippen LogP contribution in [0, 0.1) is 0 Å². The lowest BCUT2D eigenvalue weighted by atomic mass is 10.7. The molecule has 0 aliphatic rings. The van der Waals surface area contributed by atoms with Gasteiger partial charge in [-0.15, -0.1) is 0 Å². The predicted molar refractivity (Wildman–Crippen MR) is 26.7 cm³/mol. The van der Waals surface area contributed by atoms with Gasteiger partial charge in [0.1, 0.15) is 0 Å². The summed E-state index contributed by atoms with van der Waals surface area (Å²) in [5.41, 5.74) is -3.04. The Morgan fingerprint density at radius 3 is 2.00 bits per heavy atom. The summed E-state index contributed by atoms with van der Waals surface area (Å²) in [5.74, 6) is 0. The number of hydrogen-bond acceptors (Lipinski definition) is 2. The van der Waals surface area contributed by atoms with Crippen molar-refractivity contribution in [3.8, 4) is 0 Å². The van der Waals surface area contributed by atoms with Crippen LogP contribution in [0.4, 0.5) is 13.2 Å². The molecular weight excluding hydrogens is 173 g/mol. The van der Waals surface area contributed by atoms with Crippen molar-refractivity contribution in [1.29, 1.82) is 0 Å². The Morgan fingerprint density at radius 2 is 1.90 bits per heavy atom. The summed E-state index contributed by atoms with van der Waals surface area (Å²) < 4.78 is 61.0. The Morgan fingerprint density at radius 1 is 1.50 bits per heavy atom. The van der Waals surface area contributed by atoms with E-state index in [1.807, 2.05) is 0 Å². The minimum atomic E-state index is -5.02. The van der Waals surface area contributed by atoms with Gasteiger partial charge in [-0.25, -0.2) is 4.39 Å². The molecule has 7 heteroatoms. The minimum absolute atomic E-state index is 0.505. The lowest BCUT2D eigenvalue weighted by molar-refractivity contribution is 0.379. The van der Waals surface area contributed by atoms with Crippen molar-refractivity contribution in [2.75, 3.05) is 0 Å². The van der Waals surface area contributed by atoms with Gasteiger partial charge in [-0.2, -0.15) is 17.2 Å². The van der Waals surface area contributed by atoms with E-state index in [1.165, 1.54) is 0 Å². The molecule has 60 valence electrons. The summed E-state index contributed by atoms with van der Waals surface area (Å²) in [6.45, 7) is 0. The monoisotopic (exact) mass is 176 g/mol. The highest BCUT2D eigenvalue weighted by Crippen LogP contribution is 2.07. The maximum absolute atomic E-state index is 11.8. The van der Waals surface area contributed by atoms with E-state index in [2.05, 4.69) is 0 Å². The third-order valence-corrected chi connectivity index (χ3v) is 1.25. The molecule has 0 spiro atoms. The van der Waals surface area contributed by atoms with Crippen LogP contribution in [-0.4, -0.2) is 18.5 Å². The van der Waals surface area contributed by atoms with Crippen molar-refractivity contribution < 1.29 is 26.1 Å². The maximum Gasteiger partial charge on any atom is 0.301 e. The van der Waals surface area contributed by atoms with Crippen LogP contribution >= 0.6 is 0 Å². The molecule has 0 aromatic carbocycles. The van der Waals surface area contributed by atoms with Crippen LogP contribution in [0.1, 0.15) is 0 Å². The van der Waals surface area contributed by atoms with Gasteiger partial charge in [0, 0.05) is 6.08 Å². The highest BCUT2D eigenvalue weighted by Gasteiger charge is 2.20. The zero-order valence-corrected chi connectivity index (χ0v) is 5.28. The molecule has 1 atom stereocenters. The van der Waals surface area contributed by atoms with Crippen LogP contribution < -0.4 is 0 Å². The van der Waals surface area contributed by atoms with Gasteiger partial charge in [-0.1, -0.05) is 0 Å². The van der Waals surface area contributed by atoms with Gasteiger partial charge in [-0.05, 0) is 0 Å². The average molecular weight is 176 g/mol.